The molecule has 0 aliphatic rings. The van der Waals surface area contributed by atoms with Gasteiger partial charge in [0.2, 0.25) is 0 Å². The first-order valence-corrected chi connectivity index (χ1v) is 8.02. The maximum absolute atomic E-state index is 12.6. The topological polar surface area (TPSA) is 99.8 Å². The molecule has 1 atom stereocenters. The first-order chi connectivity index (χ1) is 10.9. The zero-order chi connectivity index (χ0) is 16.9. The van der Waals surface area contributed by atoms with Gasteiger partial charge >= 0.3 is 10.4 Å². The van der Waals surface area contributed by atoms with Gasteiger partial charge in [-0.2, -0.15) is 8.99 Å². The van der Waals surface area contributed by atoms with Gasteiger partial charge in [0, 0.05) is 5.56 Å². The Balaban J connectivity index is 2.03. The van der Waals surface area contributed by atoms with Crippen molar-refractivity contribution in [1.29, 1.82) is 4.78 Å². The van der Waals surface area contributed by atoms with Crippen molar-refractivity contribution < 1.29 is 27.2 Å². The molecule has 0 saturated carbocycles. The Bertz CT molecular complexity index is 762. The molecule has 0 spiro atoms. The van der Waals surface area contributed by atoms with Crippen LogP contribution < -0.4 is 8.92 Å². The summed E-state index contributed by atoms with van der Waals surface area (Å²) in [6.45, 7) is -0.148. The van der Waals surface area contributed by atoms with E-state index in [0.717, 1.165) is 5.56 Å². The SMILES string of the molecule is N=S(=O)(F)Oc1ccc(COc2ccc(CO)cc2CO)cc1. The predicted molar refractivity (Wildman–Crippen MR) is 81.7 cm³/mol. The van der Waals surface area contributed by atoms with Gasteiger partial charge in [0.15, 0.2) is 0 Å². The van der Waals surface area contributed by atoms with Gasteiger partial charge in [0.25, 0.3) is 0 Å². The monoisotopic (exact) mass is 341 g/mol. The smallest absolute Gasteiger partial charge is 0.374 e. The van der Waals surface area contributed by atoms with Gasteiger partial charge in [0.05, 0.1) is 13.2 Å². The minimum atomic E-state index is -4.54. The van der Waals surface area contributed by atoms with Gasteiger partial charge in [-0.3, -0.25) is 0 Å². The summed E-state index contributed by atoms with van der Waals surface area (Å²) in [6.07, 6.45) is 0. The van der Waals surface area contributed by atoms with Crippen LogP contribution in [-0.2, 0) is 30.2 Å². The molecule has 2 rings (SSSR count). The summed E-state index contributed by atoms with van der Waals surface area (Å²) < 4.78 is 39.7. The molecule has 0 fully saturated rings. The average Bonchev–Trinajstić information content (AvgIpc) is 2.52. The summed E-state index contributed by atoms with van der Waals surface area (Å²) in [6, 6.07) is 10.9. The molecule has 0 amide bonds. The summed E-state index contributed by atoms with van der Waals surface area (Å²) in [5.41, 5.74) is 1.97. The van der Waals surface area contributed by atoms with Gasteiger partial charge in [-0.1, -0.05) is 22.1 Å². The van der Waals surface area contributed by atoms with Crippen molar-refractivity contribution in [3.8, 4) is 11.5 Å². The molecule has 0 radical (unpaired) electrons. The van der Waals surface area contributed by atoms with Crippen molar-refractivity contribution in [2.45, 2.75) is 19.8 Å². The van der Waals surface area contributed by atoms with E-state index < -0.39 is 10.4 Å². The zero-order valence-electron chi connectivity index (χ0n) is 12.1. The molecule has 0 saturated heterocycles. The lowest BCUT2D eigenvalue weighted by Crippen LogP contribution is -2.01. The van der Waals surface area contributed by atoms with Gasteiger partial charge in [-0.15, -0.1) is 0 Å². The van der Waals surface area contributed by atoms with Crippen LogP contribution in [-0.4, -0.2) is 14.4 Å². The summed E-state index contributed by atoms with van der Waals surface area (Å²) in [4.78, 5) is 0. The van der Waals surface area contributed by atoms with E-state index in [0.29, 0.717) is 16.9 Å². The van der Waals surface area contributed by atoms with Crippen molar-refractivity contribution in [2.75, 3.05) is 0 Å². The second-order valence-corrected chi connectivity index (χ2v) is 5.75. The highest BCUT2D eigenvalue weighted by atomic mass is 32.3. The highest BCUT2D eigenvalue weighted by Gasteiger charge is 2.07. The quantitative estimate of drug-likeness (QED) is 0.672. The van der Waals surface area contributed by atoms with E-state index in [1.807, 2.05) is 0 Å². The highest BCUT2D eigenvalue weighted by Crippen LogP contribution is 2.22. The Kier molecular flexibility index (Phi) is 5.54. The molecule has 3 N–H and O–H groups in total. The zero-order valence-corrected chi connectivity index (χ0v) is 12.9. The molecule has 6 nitrogen and oxygen atoms in total. The standard InChI is InChI=1S/C15H16FNO5S/c16-23(17,20)22-14-4-1-11(2-5-14)10-21-15-6-3-12(8-18)7-13(15)9-19/h1-7,17-19H,8-10H2. The molecular weight excluding hydrogens is 325 g/mol. The van der Waals surface area contributed by atoms with Crippen molar-refractivity contribution in [2.24, 2.45) is 0 Å². The normalized spacial score (nSPS) is 13.3. The van der Waals surface area contributed by atoms with Crippen molar-refractivity contribution in [3.05, 3.63) is 59.2 Å². The lowest BCUT2D eigenvalue weighted by atomic mass is 10.1. The van der Waals surface area contributed by atoms with E-state index in [1.54, 1.807) is 30.3 Å². The Morgan fingerprint density at radius 3 is 2.26 bits per heavy atom. The van der Waals surface area contributed by atoms with Crippen LogP contribution >= 0.6 is 0 Å². The first kappa shape index (κ1) is 17.2. The fraction of sp³-hybridized carbons (Fsp3) is 0.200. The molecule has 124 valence electrons. The van der Waals surface area contributed by atoms with Crippen LogP contribution in [0.4, 0.5) is 3.89 Å². The van der Waals surface area contributed by atoms with Crippen LogP contribution in [0.3, 0.4) is 0 Å². The molecule has 8 heteroatoms. The van der Waals surface area contributed by atoms with E-state index in [1.165, 1.54) is 12.1 Å². The number of hydrogen-bond acceptors (Lipinski definition) is 6. The van der Waals surface area contributed by atoms with Crippen LogP contribution in [0.1, 0.15) is 16.7 Å². The van der Waals surface area contributed by atoms with Crippen molar-refractivity contribution in [1.82, 2.24) is 0 Å². The third-order valence-electron chi connectivity index (χ3n) is 3.00. The minimum absolute atomic E-state index is 0.0143. The van der Waals surface area contributed by atoms with E-state index >= 15 is 0 Å². The lowest BCUT2D eigenvalue weighted by molar-refractivity contribution is 0.256. The van der Waals surface area contributed by atoms with Crippen LogP contribution in [0.5, 0.6) is 11.5 Å². The van der Waals surface area contributed by atoms with E-state index in [-0.39, 0.29) is 25.6 Å². The molecule has 1 unspecified atom stereocenters. The molecule has 0 aliphatic heterocycles. The molecule has 0 heterocycles. The fourth-order valence-corrected chi connectivity index (χ4v) is 2.28. The third kappa shape index (κ3) is 5.20. The molecule has 0 bridgehead atoms. The Hall–Kier alpha value is -2.16. The van der Waals surface area contributed by atoms with E-state index in [4.69, 9.17) is 14.6 Å². The van der Waals surface area contributed by atoms with Crippen LogP contribution in [0.15, 0.2) is 42.5 Å². The largest absolute Gasteiger partial charge is 0.489 e. The Morgan fingerprint density at radius 2 is 1.70 bits per heavy atom. The number of aliphatic hydroxyl groups excluding tert-OH is 2. The van der Waals surface area contributed by atoms with Crippen LogP contribution in [0, 0.1) is 4.78 Å². The minimum Gasteiger partial charge on any atom is -0.489 e. The summed E-state index contributed by atoms with van der Waals surface area (Å²) >= 11 is 0. The Morgan fingerprint density at radius 1 is 1.04 bits per heavy atom. The molecular formula is C15H16FNO5S. The van der Waals surface area contributed by atoms with Gasteiger partial charge in [-0.25, -0.2) is 0 Å². The summed E-state index contributed by atoms with van der Waals surface area (Å²) in [7, 11) is -4.54. The maximum atomic E-state index is 12.6. The maximum Gasteiger partial charge on any atom is 0.374 e. The third-order valence-corrected chi connectivity index (χ3v) is 3.41. The van der Waals surface area contributed by atoms with Crippen LogP contribution in [0.25, 0.3) is 0 Å². The predicted octanol–water partition coefficient (Wildman–Crippen LogP) is 2.48. The number of aliphatic hydroxyl groups is 2. The van der Waals surface area contributed by atoms with Gasteiger partial charge in [0.1, 0.15) is 18.1 Å². The average molecular weight is 341 g/mol. The molecule has 23 heavy (non-hydrogen) atoms. The highest BCUT2D eigenvalue weighted by molar-refractivity contribution is 7.82. The fourth-order valence-electron chi connectivity index (χ4n) is 1.92. The number of benzene rings is 2. The second-order valence-electron chi connectivity index (χ2n) is 4.71. The number of nitrogens with one attached hydrogen (secondary N) is 1. The Labute approximate surface area is 133 Å². The number of hydrogen-bond donors (Lipinski definition) is 3. The molecule has 0 aliphatic carbocycles. The van der Waals surface area contributed by atoms with Gasteiger partial charge in [-0.05, 0) is 35.4 Å². The van der Waals surface area contributed by atoms with Crippen molar-refractivity contribution in [3.63, 3.8) is 0 Å². The number of ether oxygens (including phenoxy) is 1. The summed E-state index contributed by atoms with van der Waals surface area (Å²) in [5.74, 6) is 0.475. The van der Waals surface area contributed by atoms with Crippen LogP contribution in [0.2, 0.25) is 0 Å². The first-order valence-electron chi connectivity index (χ1n) is 6.64. The number of halogens is 1. The second kappa shape index (κ2) is 7.40. The molecule has 2 aromatic carbocycles. The summed E-state index contributed by atoms with van der Waals surface area (Å²) in [5, 5.41) is 18.4. The number of rotatable bonds is 7. The lowest BCUT2D eigenvalue weighted by Gasteiger charge is -2.11. The van der Waals surface area contributed by atoms with E-state index in [2.05, 4.69) is 4.18 Å². The molecule has 0 aromatic heterocycles. The molecule has 2 aromatic rings. The van der Waals surface area contributed by atoms with Crippen molar-refractivity contribution >= 4 is 10.4 Å². The van der Waals surface area contributed by atoms with E-state index in [9.17, 15) is 13.2 Å². The van der Waals surface area contributed by atoms with Gasteiger partial charge < -0.3 is 19.1 Å².